The number of aliphatic hydroxyl groups is 1. The third-order valence-electron chi connectivity index (χ3n) is 3.56. The van der Waals surface area contributed by atoms with E-state index in [1.54, 1.807) is 6.20 Å². The molecule has 0 fully saturated rings. The van der Waals surface area contributed by atoms with Crippen molar-refractivity contribution in [3.05, 3.63) is 30.5 Å². The monoisotopic (exact) mass is 273 g/mol. The molecule has 0 unspecified atom stereocenters. The van der Waals surface area contributed by atoms with E-state index >= 15 is 0 Å². The molecule has 0 saturated carbocycles. The molecule has 0 saturated heterocycles. The highest BCUT2D eigenvalue weighted by Gasteiger charge is 2.18. The fourth-order valence-corrected chi connectivity index (χ4v) is 2.33. The van der Waals surface area contributed by atoms with Crippen molar-refractivity contribution >= 4 is 22.3 Å². The number of anilines is 2. The topological polar surface area (TPSA) is 71.2 Å². The minimum atomic E-state index is 0.111. The number of nitrogens with two attached hydrogens (primary N) is 1. The van der Waals surface area contributed by atoms with Gasteiger partial charge in [-0.2, -0.15) is 0 Å². The Morgan fingerprint density at radius 3 is 2.80 bits per heavy atom. The van der Waals surface area contributed by atoms with Crippen LogP contribution >= 0.6 is 0 Å². The number of aromatic nitrogens is 1. The number of nitrogens with one attached hydrogen (secondary N) is 1. The Labute approximate surface area is 120 Å². The summed E-state index contributed by atoms with van der Waals surface area (Å²) in [6, 6.07) is 7.98. The number of hydrogen-bond donors (Lipinski definition) is 3. The van der Waals surface area contributed by atoms with Crippen molar-refractivity contribution in [1.82, 2.24) is 4.98 Å². The Bertz CT molecular complexity index is 581. The van der Waals surface area contributed by atoms with Gasteiger partial charge >= 0.3 is 0 Å². The summed E-state index contributed by atoms with van der Waals surface area (Å²) in [5.74, 6) is 0. The number of nitrogen functional groups attached to an aromatic ring is 1. The minimum Gasteiger partial charge on any atom is -0.396 e. The number of nitrogens with zero attached hydrogens (tertiary/aromatic N) is 1. The van der Waals surface area contributed by atoms with Crippen molar-refractivity contribution in [2.75, 3.05) is 24.2 Å². The minimum absolute atomic E-state index is 0.111. The zero-order valence-corrected chi connectivity index (χ0v) is 12.2. The van der Waals surface area contributed by atoms with Crippen molar-refractivity contribution in [3.8, 4) is 0 Å². The van der Waals surface area contributed by atoms with Gasteiger partial charge in [0.25, 0.3) is 0 Å². The van der Waals surface area contributed by atoms with Gasteiger partial charge in [-0.1, -0.05) is 32.0 Å². The maximum atomic E-state index is 8.95. The van der Waals surface area contributed by atoms with Gasteiger partial charge in [0.1, 0.15) is 0 Å². The Balaban J connectivity index is 2.19. The second-order valence-corrected chi connectivity index (χ2v) is 5.95. The number of aliphatic hydroxyl groups excluding tert-OH is 1. The molecule has 0 radical (unpaired) electrons. The van der Waals surface area contributed by atoms with E-state index < -0.39 is 0 Å². The number of fused-ring (bicyclic) bond motifs is 1. The fraction of sp³-hybridized carbons (Fsp3) is 0.438. The van der Waals surface area contributed by atoms with Crippen LogP contribution in [0.3, 0.4) is 0 Å². The first-order chi connectivity index (χ1) is 9.53. The van der Waals surface area contributed by atoms with E-state index in [0.29, 0.717) is 5.69 Å². The summed E-state index contributed by atoms with van der Waals surface area (Å²) < 4.78 is 0. The van der Waals surface area contributed by atoms with Crippen LogP contribution in [-0.2, 0) is 0 Å². The van der Waals surface area contributed by atoms with E-state index in [-0.39, 0.29) is 12.0 Å². The summed E-state index contributed by atoms with van der Waals surface area (Å²) in [6.07, 6.45) is 3.49. The highest BCUT2D eigenvalue weighted by atomic mass is 16.2. The van der Waals surface area contributed by atoms with Crippen LogP contribution in [0, 0.1) is 5.41 Å². The molecule has 1 aromatic carbocycles. The van der Waals surface area contributed by atoms with Crippen molar-refractivity contribution < 1.29 is 5.11 Å². The summed E-state index contributed by atoms with van der Waals surface area (Å²) in [5.41, 5.74) is 8.72. The van der Waals surface area contributed by atoms with Gasteiger partial charge in [-0.15, -0.1) is 0 Å². The maximum Gasteiger partial charge on any atom is 0.0743 e. The molecule has 20 heavy (non-hydrogen) atoms. The largest absolute Gasteiger partial charge is 0.396 e. The van der Waals surface area contributed by atoms with Gasteiger partial charge in [0, 0.05) is 18.5 Å². The third-order valence-corrected chi connectivity index (χ3v) is 3.56. The highest BCUT2D eigenvalue weighted by Crippen LogP contribution is 2.30. The predicted molar refractivity (Wildman–Crippen MR) is 84.7 cm³/mol. The van der Waals surface area contributed by atoms with E-state index in [1.807, 2.05) is 24.3 Å². The number of para-hydroxylation sites is 1. The fourth-order valence-electron chi connectivity index (χ4n) is 2.33. The molecule has 0 bridgehead atoms. The third kappa shape index (κ3) is 3.39. The van der Waals surface area contributed by atoms with E-state index in [9.17, 15) is 0 Å². The van der Waals surface area contributed by atoms with Crippen molar-refractivity contribution in [1.29, 1.82) is 0 Å². The number of rotatable bonds is 6. The van der Waals surface area contributed by atoms with Gasteiger partial charge < -0.3 is 16.2 Å². The number of pyridine rings is 1. The Hall–Kier alpha value is -1.81. The van der Waals surface area contributed by atoms with Crippen LogP contribution in [-0.4, -0.2) is 23.2 Å². The van der Waals surface area contributed by atoms with E-state index in [2.05, 4.69) is 24.1 Å². The Kier molecular flexibility index (Phi) is 4.45. The highest BCUT2D eigenvalue weighted by molar-refractivity contribution is 5.96. The molecule has 4 N–H and O–H groups in total. The lowest BCUT2D eigenvalue weighted by Gasteiger charge is -2.26. The van der Waals surface area contributed by atoms with Crippen LogP contribution in [0.2, 0.25) is 0 Å². The summed E-state index contributed by atoms with van der Waals surface area (Å²) in [5, 5.41) is 13.5. The number of benzene rings is 1. The van der Waals surface area contributed by atoms with E-state index in [4.69, 9.17) is 10.8 Å². The standard InChI is InChI=1S/C16H23N3O/c1-16(2,8-5-9-20)11-19-15-12-6-3-4-7-14(12)18-10-13(15)17/h3-4,6-7,10,20H,5,8-9,11,17H2,1-2H3,(H,18,19). The molecule has 4 nitrogen and oxygen atoms in total. The quantitative estimate of drug-likeness (QED) is 0.756. The molecule has 1 heterocycles. The smallest absolute Gasteiger partial charge is 0.0743 e. The molecule has 0 amide bonds. The average Bonchev–Trinajstić information content (AvgIpc) is 2.44. The lowest BCUT2D eigenvalue weighted by atomic mass is 9.88. The van der Waals surface area contributed by atoms with Crippen LogP contribution in [0.5, 0.6) is 0 Å². The molecule has 0 aliphatic rings. The second-order valence-electron chi connectivity index (χ2n) is 5.95. The molecule has 108 valence electrons. The first kappa shape index (κ1) is 14.6. The first-order valence-corrected chi connectivity index (χ1v) is 7.01. The van der Waals surface area contributed by atoms with Gasteiger partial charge in [-0.25, -0.2) is 0 Å². The molecule has 4 heteroatoms. The maximum absolute atomic E-state index is 8.95. The van der Waals surface area contributed by atoms with Crippen LogP contribution in [0.4, 0.5) is 11.4 Å². The summed E-state index contributed by atoms with van der Waals surface area (Å²) in [4.78, 5) is 4.34. The Morgan fingerprint density at radius 2 is 2.05 bits per heavy atom. The van der Waals surface area contributed by atoms with Crippen LogP contribution in [0.1, 0.15) is 26.7 Å². The number of hydrogen-bond acceptors (Lipinski definition) is 4. The molecule has 1 aromatic heterocycles. The summed E-state index contributed by atoms with van der Waals surface area (Å²) in [6.45, 7) is 5.43. The molecule has 0 atom stereocenters. The lowest BCUT2D eigenvalue weighted by molar-refractivity contribution is 0.248. The SMILES string of the molecule is CC(C)(CCCO)CNc1c(N)cnc2ccccc12. The lowest BCUT2D eigenvalue weighted by Crippen LogP contribution is -2.24. The van der Waals surface area contributed by atoms with Gasteiger partial charge in [-0.3, -0.25) is 4.98 Å². The molecule has 0 aliphatic heterocycles. The molecular weight excluding hydrogens is 250 g/mol. The molecule has 0 aliphatic carbocycles. The van der Waals surface area contributed by atoms with Gasteiger partial charge in [-0.05, 0) is 24.3 Å². The van der Waals surface area contributed by atoms with E-state index in [0.717, 1.165) is 36.0 Å². The molecule has 2 aromatic rings. The zero-order chi connectivity index (χ0) is 14.6. The van der Waals surface area contributed by atoms with Gasteiger partial charge in [0.2, 0.25) is 0 Å². The van der Waals surface area contributed by atoms with Crippen LogP contribution in [0.15, 0.2) is 30.5 Å². The molecule has 2 rings (SSSR count). The Morgan fingerprint density at radius 1 is 1.30 bits per heavy atom. The normalized spacial score (nSPS) is 11.8. The second kappa shape index (κ2) is 6.09. The summed E-state index contributed by atoms with van der Waals surface area (Å²) >= 11 is 0. The van der Waals surface area contributed by atoms with Crippen molar-refractivity contribution in [2.45, 2.75) is 26.7 Å². The molecule has 0 spiro atoms. The zero-order valence-electron chi connectivity index (χ0n) is 12.2. The summed E-state index contributed by atoms with van der Waals surface area (Å²) in [7, 11) is 0. The van der Waals surface area contributed by atoms with Crippen molar-refractivity contribution in [3.63, 3.8) is 0 Å². The predicted octanol–water partition coefficient (Wildman–Crippen LogP) is 3.03. The molecular formula is C16H23N3O. The van der Waals surface area contributed by atoms with Gasteiger partial charge in [0.15, 0.2) is 0 Å². The van der Waals surface area contributed by atoms with Crippen LogP contribution < -0.4 is 11.1 Å². The van der Waals surface area contributed by atoms with Crippen LogP contribution in [0.25, 0.3) is 10.9 Å². The van der Waals surface area contributed by atoms with Crippen molar-refractivity contribution in [2.24, 2.45) is 5.41 Å². The van der Waals surface area contributed by atoms with E-state index in [1.165, 1.54) is 0 Å². The average molecular weight is 273 g/mol. The first-order valence-electron chi connectivity index (χ1n) is 7.01. The van der Waals surface area contributed by atoms with Gasteiger partial charge in [0.05, 0.1) is 23.1 Å².